The number of halogens is 4. The average Bonchev–Trinajstić information content (AvgIpc) is 2.24. The van der Waals surface area contributed by atoms with Crippen molar-refractivity contribution >= 4 is 11.6 Å². The van der Waals surface area contributed by atoms with Gasteiger partial charge in [0.1, 0.15) is 0 Å². The zero-order chi connectivity index (χ0) is 13.4. The molecule has 1 fully saturated rings. The molecule has 1 aliphatic heterocycles. The van der Waals surface area contributed by atoms with Gasteiger partial charge in [0.25, 0.3) is 0 Å². The van der Waals surface area contributed by atoms with Crippen LogP contribution in [-0.4, -0.2) is 25.8 Å². The minimum absolute atomic E-state index is 0.0873. The first-order valence-corrected chi connectivity index (χ1v) is 5.86. The van der Waals surface area contributed by atoms with Gasteiger partial charge in [-0.05, 0) is 17.7 Å². The normalized spacial score (nSPS) is 18.5. The van der Waals surface area contributed by atoms with Crippen LogP contribution in [0.25, 0.3) is 0 Å². The van der Waals surface area contributed by atoms with Crippen molar-refractivity contribution in [2.45, 2.75) is 18.2 Å². The Morgan fingerprint density at radius 3 is 2.50 bits per heavy atom. The Kier molecular flexibility index (Phi) is 3.58. The van der Waals surface area contributed by atoms with Crippen LogP contribution in [0.3, 0.4) is 0 Å². The van der Waals surface area contributed by atoms with Crippen molar-refractivity contribution in [3.8, 4) is 0 Å². The summed E-state index contributed by atoms with van der Waals surface area (Å²) in [5, 5.41) is 3.10. The molecule has 0 aliphatic carbocycles. The van der Waals surface area contributed by atoms with Crippen LogP contribution >= 0.6 is 11.6 Å². The molecule has 0 atom stereocenters. The Balaban J connectivity index is 2.32. The van der Waals surface area contributed by atoms with Crippen molar-refractivity contribution in [3.63, 3.8) is 0 Å². The fraction of sp³-hybridized carbons (Fsp3) is 0.500. The molecule has 1 saturated heterocycles. The molecule has 6 heteroatoms. The third-order valence-electron chi connectivity index (χ3n) is 3.22. The van der Waals surface area contributed by atoms with Crippen LogP contribution in [-0.2, 0) is 17.3 Å². The standard InChI is InChI=1S/C12H13ClF3NO/c1-18-11(6-17-7-11)5-8-2-3-9(13)4-10(8)12(14,15)16/h2-4,17H,5-7H2,1H3. The molecule has 0 amide bonds. The van der Waals surface area contributed by atoms with Gasteiger partial charge >= 0.3 is 6.18 Å². The van der Waals surface area contributed by atoms with E-state index in [-0.39, 0.29) is 17.0 Å². The van der Waals surface area contributed by atoms with Crippen molar-refractivity contribution in [1.29, 1.82) is 0 Å². The molecule has 2 nitrogen and oxygen atoms in total. The summed E-state index contributed by atoms with van der Waals surface area (Å²) in [6.45, 7) is 1.12. The molecular formula is C12H13ClF3NO. The molecule has 1 aliphatic rings. The highest BCUT2D eigenvalue weighted by molar-refractivity contribution is 6.30. The largest absolute Gasteiger partial charge is 0.416 e. The number of ether oxygens (including phenoxy) is 1. The maximum absolute atomic E-state index is 12.9. The predicted octanol–water partition coefficient (Wildman–Crippen LogP) is 2.89. The number of nitrogens with one attached hydrogen (secondary N) is 1. The lowest BCUT2D eigenvalue weighted by Gasteiger charge is -2.41. The molecule has 0 radical (unpaired) electrons. The first-order chi connectivity index (χ1) is 8.36. The average molecular weight is 280 g/mol. The first-order valence-electron chi connectivity index (χ1n) is 5.48. The van der Waals surface area contributed by atoms with E-state index >= 15 is 0 Å². The van der Waals surface area contributed by atoms with Crippen LogP contribution in [0, 0.1) is 0 Å². The number of alkyl halides is 3. The summed E-state index contributed by atoms with van der Waals surface area (Å²) in [6, 6.07) is 3.86. The molecule has 1 N–H and O–H groups in total. The Bertz CT molecular complexity index is 438. The Labute approximate surface area is 108 Å². The third-order valence-corrected chi connectivity index (χ3v) is 3.45. The number of rotatable bonds is 3. The van der Waals surface area contributed by atoms with Crippen molar-refractivity contribution in [1.82, 2.24) is 5.32 Å². The van der Waals surface area contributed by atoms with E-state index in [4.69, 9.17) is 16.3 Å². The molecule has 0 bridgehead atoms. The van der Waals surface area contributed by atoms with Gasteiger partial charge in [-0.1, -0.05) is 17.7 Å². The highest BCUT2D eigenvalue weighted by Crippen LogP contribution is 2.36. The molecule has 0 spiro atoms. The zero-order valence-electron chi connectivity index (χ0n) is 9.77. The van der Waals surface area contributed by atoms with Crippen LogP contribution in [0.2, 0.25) is 5.02 Å². The van der Waals surface area contributed by atoms with Crippen molar-refractivity contribution in [2.24, 2.45) is 0 Å². The highest BCUT2D eigenvalue weighted by Gasteiger charge is 2.40. The lowest BCUT2D eigenvalue weighted by atomic mass is 9.87. The van der Waals surface area contributed by atoms with E-state index in [0.29, 0.717) is 13.1 Å². The summed E-state index contributed by atoms with van der Waals surface area (Å²) < 4.78 is 44.1. The van der Waals surface area contributed by atoms with Crippen molar-refractivity contribution < 1.29 is 17.9 Å². The first kappa shape index (κ1) is 13.6. The Morgan fingerprint density at radius 1 is 1.39 bits per heavy atom. The number of hydrogen-bond acceptors (Lipinski definition) is 2. The van der Waals surface area contributed by atoms with Crippen molar-refractivity contribution in [3.05, 3.63) is 34.3 Å². The summed E-state index contributed by atoms with van der Waals surface area (Å²) in [6.07, 6.45) is -4.17. The lowest BCUT2D eigenvalue weighted by molar-refractivity contribution is -0.139. The monoisotopic (exact) mass is 279 g/mol. The summed E-state index contributed by atoms with van der Waals surface area (Å²) in [5.74, 6) is 0. The van der Waals surface area contributed by atoms with Gasteiger partial charge in [0, 0.05) is 31.6 Å². The smallest absolute Gasteiger partial charge is 0.375 e. The molecule has 18 heavy (non-hydrogen) atoms. The van der Waals surface area contributed by atoms with Crippen LogP contribution in [0.4, 0.5) is 13.2 Å². The fourth-order valence-corrected chi connectivity index (χ4v) is 2.23. The minimum atomic E-state index is -4.40. The van der Waals surface area contributed by atoms with Crippen LogP contribution < -0.4 is 5.32 Å². The topological polar surface area (TPSA) is 21.3 Å². The Hall–Kier alpha value is -0.780. The third kappa shape index (κ3) is 2.63. The zero-order valence-corrected chi connectivity index (χ0v) is 10.5. The molecule has 0 saturated carbocycles. The van der Waals surface area contributed by atoms with Gasteiger partial charge < -0.3 is 10.1 Å². The number of benzene rings is 1. The van der Waals surface area contributed by atoms with Crippen LogP contribution in [0.15, 0.2) is 18.2 Å². The molecule has 1 heterocycles. The summed E-state index contributed by atoms with van der Waals surface area (Å²) in [5.41, 5.74) is -0.998. The van der Waals surface area contributed by atoms with Crippen LogP contribution in [0.1, 0.15) is 11.1 Å². The van der Waals surface area contributed by atoms with Crippen molar-refractivity contribution in [2.75, 3.05) is 20.2 Å². The van der Waals surface area contributed by atoms with E-state index in [1.165, 1.54) is 19.2 Å². The number of hydrogen-bond donors (Lipinski definition) is 1. The maximum atomic E-state index is 12.9. The van der Waals surface area contributed by atoms with Gasteiger partial charge in [0.15, 0.2) is 0 Å². The quantitative estimate of drug-likeness (QED) is 0.919. The molecular weight excluding hydrogens is 267 g/mol. The predicted molar refractivity (Wildman–Crippen MR) is 62.8 cm³/mol. The lowest BCUT2D eigenvalue weighted by Crippen LogP contribution is -2.62. The van der Waals surface area contributed by atoms with E-state index in [1.54, 1.807) is 0 Å². The molecule has 100 valence electrons. The van der Waals surface area contributed by atoms with Gasteiger partial charge in [-0.3, -0.25) is 0 Å². The van der Waals surface area contributed by atoms with Gasteiger partial charge in [-0.2, -0.15) is 13.2 Å². The van der Waals surface area contributed by atoms with E-state index in [9.17, 15) is 13.2 Å². The minimum Gasteiger partial charge on any atom is -0.375 e. The van der Waals surface area contributed by atoms with E-state index in [0.717, 1.165) is 6.07 Å². The summed E-state index contributed by atoms with van der Waals surface area (Å²) in [4.78, 5) is 0. The Morgan fingerprint density at radius 2 is 2.06 bits per heavy atom. The maximum Gasteiger partial charge on any atom is 0.416 e. The summed E-state index contributed by atoms with van der Waals surface area (Å²) in [7, 11) is 1.52. The molecule has 0 unspecified atom stereocenters. The van der Waals surface area contributed by atoms with E-state index < -0.39 is 17.3 Å². The molecule has 2 rings (SSSR count). The van der Waals surface area contributed by atoms with Gasteiger partial charge in [-0.15, -0.1) is 0 Å². The second-order valence-corrected chi connectivity index (χ2v) is 4.90. The van der Waals surface area contributed by atoms with Crippen LogP contribution in [0.5, 0.6) is 0 Å². The van der Waals surface area contributed by atoms with E-state index in [1.807, 2.05) is 0 Å². The molecule has 1 aromatic carbocycles. The SMILES string of the molecule is COC1(Cc2ccc(Cl)cc2C(F)(F)F)CNC1. The second-order valence-electron chi connectivity index (χ2n) is 4.47. The van der Waals surface area contributed by atoms with Gasteiger partial charge in [0.05, 0.1) is 11.2 Å². The van der Waals surface area contributed by atoms with E-state index in [2.05, 4.69) is 5.32 Å². The van der Waals surface area contributed by atoms with Gasteiger partial charge in [-0.25, -0.2) is 0 Å². The fourth-order valence-electron chi connectivity index (χ4n) is 2.06. The summed E-state index contributed by atoms with van der Waals surface area (Å²) >= 11 is 5.63. The number of methoxy groups -OCH3 is 1. The second kappa shape index (κ2) is 4.72. The highest BCUT2D eigenvalue weighted by atomic mass is 35.5. The van der Waals surface area contributed by atoms with Gasteiger partial charge in [0.2, 0.25) is 0 Å². The molecule has 1 aromatic rings. The molecule has 0 aromatic heterocycles.